The number of rotatable bonds is 7. The summed E-state index contributed by atoms with van der Waals surface area (Å²) in [5, 5.41) is 6.68. The zero-order valence-electron chi connectivity index (χ0n) is 17.9. The van der Waals surface area contributed by atoms with Gasteiger partial charge in [0.05, 0.1) is 10.8 Å². The number of hydrogen-bond donors (Lipinski definition) is 2. The maximum Gasteiger partial charge on any atom is 0.220 e. The topological polar surface area (TPSA) is 78.5 Å². The van der Waals surface area contributed by atoms with Gasteiger partial charge in [0.2, 0.25) is 15.9 Å². The van der Waals surface area contributed by atoms with Gasteiger partial charge in [-0.05, 0) is 58.1 Å². The lowest BCUT2D eigenvalue weighted by Crippen LogP contribution is -2.41. The summed E-state index contributed by atoms with van der Waals surface area (Å²) in [4.78, 5) is 12.4. The Kier molecular flexibility index (Phi) is 6.39. The predicted molar refractivity (Wildman–Crippen MR) is 118 cm³/mol. The average molecular weight is 420 g/mol. The van der Waals surface area contributed by atoms with Crippen molar-refractivity contribution in [3.8, 4) is 0 Å². The number of anilines is 1. The van der Waals surface area contributed by atoms with Crippen LogP contribution in [0.2, 0.25) is 0 Å². The number of sulfonamides is 1. The van der Waals surface area contributed by atoms with E-state index in [0.29, 0.717) is 31.8 Å². The van der Waals surface area contributed by atoms with Gasteiger partial charge < -0.3 is 10.6 Å². The highest BCUT2D eigenvalue weighted by Crippen LogP contribution is 2.39. The molecule has 2 atom stereocenters. The van der Waals surface area contributed by atoms with Gasteiger partial charge in [-0.2, -0.15) is 0 Å². The Morgan fingerprint density at radius 1 is 1.21 bits per heavy atom. The molecule has 0 radical (unpaired) electrons. The third-order valence-corrected chi connectivity index (χ3v) is 8.30. The number of amides is 1. The minimum Gasteiger partial charge on any atom is -0.378 e. The van der Waals surface area contributed by atoms with Crippen LogP contribution < -0.4 is 10.6 Å². The summed E-state index contributed by atoms with van der Waals surface area (Å²) in [6.07, 6.45) is 5.88. The Labute approximate surface area is 174 Å². The van der Waals surface area contributed by atoms with Crippen molar-refractivity contribution in [2.75, 3.05) is 18.9 Å². The van der Waals surface area contributed by atoms with E-state index in [1.165, 1.54) is 21.1 Å². The molecule has 1 amide bonds. The number of carbonyl (C=O) groups is 1. The maximum atomic E-state index is 12.4. The van der Waals surface area contributed by atoms with Crippen LogP contribution in [0.3, 0.4) is 0 Å². The smallest absolute Gasteiger partial charge is 0.220 e. The van der Waals surface area contributed by atoms with E-state index in [-0.39, 0.29) is 11.9 Å². The van der Waals surface area contributed by atoms with Gasteiger partial charge in [0.15, 0.2) is 0 Å². The molecule has 0 aromatic heterocycles. The van der Waals surface area contributed by atoms with Gasteiger partial charge in [-0.25, -0.2) is 12.7 Å². The van der Waals surface area contributed by atoms with Crippen molar-refractivity contribution in [3.05, 3.63) is 35.9 Å². The second-order valence-corrected chi connectivity index (χ2v) is 11.8. The van der Waals surface area contributed by atoms with Crippen LogP contribution in [0.15, 0.2) is 30.3 Å². The number of carbonyl (C=O) groups excluding carboxylic acids is 1. The van der Waals surface area contributed by atoms with Crippen LogP contribution in [-0.4, -0.2) is 49.1 Å². The molecular weight excluding hydrogens is 386 g/mol. The molecule has 1 aliphatic heterocycles. The summed E-state index contributed by atoms with van der Waals surface area (Å²) in [5.74, 6) is 0.0332. The lowest BCUT2D eigenvalue weighted by molar-refractivity contribution is -0.121. The number of hydrogen-bond acceptors (Lipinski definition) is 4. The zero-order chi connectivity index (χ0) is 21.2. The number of nitrogens with one attached hydrogen (secondary N) is 2. The number of fused-ring (bicyclic) bond motifs is 3. The molecule has 1 aliphatic carbocycles. The molecule has 1 heterocycles. The largest absolute Gasteiger partial charge is 0.378 e. The van der Waals surface area contributed by atoms with E-state index in [9.17, 15) is 13.2 Å². The molecule has 3 rings (SSSR count). The van der Waals surface area contributed by atoms with E-state index in [2.05, 4.69) is 28.8 Å². The van der Waals surface area contributed by atoms with Crippen molar-refractivity contribution < 1.29 is 13.2 Å². The number of benzene rings is 1. The Morgan fingerprint density at radius 3 is 2.66 bits per heavy atom. The zero-order valence-corrected chi connectivity index (χ0v) is 18.7. The van der Waals surface area contributed by atoms with Gasteiger partial charge in [-0.15, -0.1) is 0 Å². The first-order valence-corrected chi connectivity index (χ1v) is 11.9. The predicted octanol–water partition coefficient (Wildman–Crippen LogP) is 3.37. The van der Waals surface area contributed by atoms with Crippen LogP contribution in [0.5, 0.6) is 0 Å². The first-order chi connectivity index (χ1) is 13.6. The molecule has 0 bridgehead atoms. The molecule has 0 spiro atoms. The van der Waals surface area contributed by atoms with Crippen molar-refractivity contribution in [2.24, 2.45) is 0 Å². The number of unbranched alkanes of at least 4 members (excludes halogenated alkanes) is 1. The van der Waals surface area contributed by atoms with Gasteiger partial charge in [-0.3, -0.25) is 4.79 Å². The monoisotopic (exact) mass is 419 g/mol. The fourth-order valence-electron chi connectivity index (χ4n) is 3.99. The molecular formula is C22H33N3O3S. The fraction of sp³-hybridized carbons (Fsp3) is 0.591. The van der Waals surface area contributed by atoms with E-state index in [4.69, 9.17) is 0 Å². The summed E-state index contributed by atoms with van der Waals surface area (Å²) in [5.41, 5.74) is 3.69. The first kappa shape index (κ1) is 21.8. The fourth-order valence-corrected chi connectivity index (χ4v) is 5.30. The summed E-state index contributed by atoms with van der Waals surface area (Å²) < 4.78 is 25.3. The Balaban J connectivity index is 1.46. The third-order valence-electron chi connectivity index (χ3n) is 5.75. The molecule has 160 valence electrons. The quantitative estimate of drug-likeness (QED) is 0.664. The van der Waals surface area contributed by atoms with Gasteiger partial charge >= 0.3 is 0 Å². The van der Waals surface area contributed by atoms with Gasteiger partial charge in [0.25, 0.3) is 0 Å². The third kappa shape index (κ3) is 4.83. The van der Waals surface area contributed by atoms with Gasteiger partial charge in [0.1, 0.15) is 0 Å². The molecule has 2 N–H and O–H groups in total. The normalized spacial score (nSPS) is 21.2. The van der Waals surface area contributed by atoms with E-state index >= 15 is 0 Å². The van der Waals surface area contributed by atoms with Crippen LogP contribution in [0, 0.1) is 0 Å². The standard InChI is InChI=1S/C22H33N3O3S/c1-22(2,3)29(27,28)25(4)14-8-7-11-21(26)23-16-12-13-20-18(15-16)17-9-5-6-10-19(17)24-20/h5-6,9-10,15-16,20,24H,7-8,11-14H2,1-4H3,(H,23,26). The summed E-state index contributed by atoms with van der Waals surface area (Å²) in [6, 6.07) is 8.71. The highest BCUT2D eigenvalue weighted by atomic mass is 32.2. The molecule has 6 nitrogen and oxygen atoms in total. The van der Waals surface area contributed by atoms with E-state index in [0.717, 1.165) is 12.8 Å². The minimum absolute atomic E-state index is 0.0332. The van der Waals surface area contributed by atoms with Gasteiger partial charge in [0, 0.05) is 37.3 Å². The summed E-state index contributed by atoms with van der Waals surface area (Å²) >= 11 is 0. The molecule has 0 saturated carbocycles. The lowest BCUT2D eigenvalue weighted by atomic mass is 9.89. The van der Waals surface area contributed by atoms with E-state index in [1.807, 2.05) is 12.1 Å². The first-order valence-electron chi connectivity index (χ1n) is 10.4. The van der Waals surface area contributed by atoms with Crippen LogP contribution >= 0.6 is 0 Å². The lowest BCUT2D eigenvalue weighted by Gasteiger charge is -2.27. The molecule has 2 aliphatic rings. The van der Waals surface area contributed by atoms with Crippen LogP contribution in [0.1, 0.15) is 58.4 Å². The molecule has 1 aromatic carbocycles. The highest BCUT2D eigenvalue weighted by molar-refractivity contribution is 7.90. The van der Waals surface area contributed by atoms with Crippen molar-refractivity contribution in [3.63, 3.8) is 0 Å². The second kappa shape index (κ2) is 8.48. The summed E-state index contributed by atoms with van der Waals surface area (Å²) in [6.45, 7) is 5.54. The SMILES string of the molecule is CN(CCCCC(=O)NC1C=C2c3ccccc3NC2CC1)S(=O)(=O)C(C)(C)C. The van der Waals surface area contributed by atoms with Crippen LogP contribution in [0.4, 0.5) is 5.69 Å². The molecule has 7 heteroatoms. The number of nitrogens with zero attached hydrogens (tertiary/aromatic N) is 1. The molecule has 2 unspecified atom stereocenters. The van der Waals surface area contributed by atoms with Crippen molar-refractivity contribution in [2.45, 2.75) is 69.7 Å². The second-order valence-electron chi connectivity index (χ2n) is 9.01. The van der Waals surface area contributed by atoms with E-state index in [1.54, 1.807) is 27.8 Å². The van der Waals surface area contributed by atoms with E-state index < -0.39 is 14.8 Å². The Morgan fingerprint density at radius 2 is 1.93 bits per heavy atom. The highest BCUT2D eigenvalue weighted by Gasteiger charge is 2.33. The molecule has 29 heavy (non-hydrogen) atoms. The average Bonchev–Trinajstić information content (AvgIpc) is 3.02. The Hall–Kier alpha value is -1.86. The van der Waals surface area contributed by atoms with Crippen LogP contribution in [-0.2, 0) is 14.8 Å². The van der Waals surface area contributed by atoms with Crippen molar-refractivity contribution in [1.82, 2.24) is 9.62 Å². The summed E-state index contributed by atoms with van der Waals surface area (Å²) in [7, 11) is -1.70. The van der Waals surface area contributed by atoms with Crippen LogP contribution in [0.25, 0.3) is 5.57 Å². The molecule has 0 saturated heterocycles. The minimum atomic E-state index is -3.31. The van der Waals surface area contributed by atoms with Gasteiger partial charge in [-0.1, -0.05) is 24.3 Å². The molecule has 1 aromatic rings. The molecule has 0 fully saturated rings. The Bertz CT molecular complexity index is 887. The van der Waals surface area contributed by atoms with Crippen molar-refractivity contribution in [1.29, 1.82) is 0 Å². The number of para-hydroxylation sites is 1. The van der Waals surface area contributed by atoms with Crippen molar-refractivity contribution >= 4 is 27.2 Å². The maximum absolute atomic E-state index is 12.4.